The van der Waals surface area contributed by atoms with Crippen LogP contribution >= 0.6 is 11.8 Å². The monoisotopic (exact) mass is 204 g/mol. The summed E-state index contributed by atoms with van der Waals surface area (Å²) in [5.74, 6) is 0. The fourth-order valence-corrected chi connectivity index (χ4v) is 3.43. The number of thioether (sulfide) groups is 1. The maximum atomic E-state index is 5.99. The first-order valence-electron chi connectivity index (χ1n) is 5.02. The molecule has 1 aliphatic rings. The average Bonchev–Trinajstić information content (AvgIpc) is 2.16. The quantitative estimate of drug-likeness (QED) is 0.513. The molecule has 0 unspecified atom stereocenters. The molecular weight excluding hydrogens is 184 g/mol. The molecule has 3 heteroatoms. The van der Waals surface area contributed by atoms with Crippen LogP contribution < -0.4 is 0 Å². The number of ether oxygens (including phenoxy) is 1. The highest BCUT2D eigenvalue weighted by Crippen LogP contribution is 2.39. The predicted molar refractivity (Wildman–Crippen MR) is 59.7 cm³/mol. The molecule has 1 nitrogen and oxygen atoms in total. The normalized spacial score (nSPS) is 23.5. The molecule has 1 saturated carbocycles. The molecule has 0 radical (unpaired) electrons. The summed E-state index contributed by atoms with van der Waals surface area (Å²) in [7, 11) is 0.0871. The van der Waals surface area contributed by atoms with Gasteiger partial charge in [0.15, 0.2) is 0 Å². The molecular formula is C9H20OSSi. The zero-order valence-electron chi connectivity index (χ0n) is 8.27. The molecule has 0 aliphatic heterocycles. The van der Waals surface area contributed by atoms with Gasteiger partial charge in [-0.3, -0.25) is 0 Å². The second-order valence-electron chi connectivity index (χ2n) is 3.52. The predicted octanol–water partition coefficient (Wildman–Crippen LogP) is 2.20. The van der Waals surface area contributed by atoms with Crippen molar-refractivity contribution in [3.05, 3.63) is 0 Å². The van der Waals surface area contributed by atoms with Crippen LogP contribution in [0.5, 0.6) is 0 Å². The average molecular weight is 204 g/mol. The van der Waals surface area contributed by atoms with E-state index in [-0.39, 0.29) is 14.5 Å². The van der Waals surface area contributed by atoms with Gasteiger partial charge in [0.1, 0.15) is 4.93 Å². The number of rotatable bonds is 4. The molecule has 0 saturated heterocycles. The van der Waals surface area contributed by atoms with E-state index in [2.05, 4.69) is 12.8 Å². The molecule has 0 atom stereocenters. The Morgan fingerprint density at radius 1 is 1.33 bits per heavy atom. The number of hydrogen-bond acceptors (Lipinski definition) is 2. The lowest BCUT2D eigenvalue weighted by atomic mass is 9.97. The molecule has 0 amide bonds. The summed E-state index contributed by atoms with van der Waals surface area (Å²) in [6, 6.07) is 0. The van der Waals surface area contributed by atoms with Gasteiger partial charge in [-0.05, 0) is 31.9 Å². The third-order valence-corrected chi connectivity index (χ3v) is 4.44. The molecule has 1 rings (SSSR count). The van der Waals surface area contributed by atoms with E-state index in [9.17, 15) is 0 Å². The summed E-state index contributed by atoms with van der Waals surface area (Å²) in [6.45, 7) is 2.32. The molecule has 0 aromatic rings. The summed E-state index contributed by atoms with van der Waals surface area (Å²) in [5, 5.41) is 0. The van der Waals surface area contributed by atoms with E-state index < -0.39 is 0 Å². The summed E-state index contributed by atoms with van der Waals surface area (Å²) >= 11 is 1.93. The van der Waals surface area contributed by atoms with Crippen molar-refractivity contribution in [2.45, 2.75) is 43.6 Å². The van der Waals surface area contributed by atoms with Crippen molar-refractivity contribution in [3.63, 3.8) is 0 Å². The minimum absolute atomic E-state index is 0.0871. The highest BCUT2D eigenvalue weighted by Gasteiger charge is 2.31. The van der Waals surface area contributed by atoms with Crippen LogP contribution in [-0.2, 0) is 4.74 Å². The lowest BCUT2D eigenvalue weighted by molar-refractivity contribution is 0.0266. The summed E-state index contributed by atoms with van der Waals surface area (Å²) in [4.78, 5) is 0.223. The van der Waals surface area contributed by atoms with E-state index in [0.717, 1.165) is 6.23 Å². The van der Waals surface area contributed by atoms with Gasteiger partial charge in [0.05, 0.1) is 0 Å². The Bertz CT molecular complexity index is 124. The molecule has 0 N–H and O–H groups in total. The molecule has 72 valence electrons. The van der Waals surface area contributed by atoms with Gasteiger partial charge in [-0.25, -0.2) is 0 Å². The van der Waals surface area contributed by atoms with Crippen molar-refractivity contribution in [1.29, 1.82) is 0 Å². The topological polar surface area (TPSA) is 9.23 Å². The van der Waals surface area contributed by atoms with E-state index in [1.165, 1.54) is 32.1 Å². The van der Waals surface area contributed by atoms with Gasteiger partial charge in [-0.1, -0.05) is 13.0 Å². The molecule has 0 bridgehead atoms. The Labute approximate surface area is 82.5 Å². The van der Waals surface area contributed by atoms with Crippen LogP contribution in [0.15, 0.2) is 0 Å². The van der Waals surface area contributed by atoms with E-state index in [1.807, 2.05) is 11.8 Å². The Balaban J connectivity index is 2.37. The van der Waals surface area contributed by atoms with Gasteiger partial charge in [-0.15, -0.1) is 11.8 Å². The summed E-state index contributed by atoms with van der Waals surface area (Å²) < 4.78 is 5.99. The molecule has 0 spiro atoms. The zero-order chi connectivity index (χ0) is 8.86. The molecule has 0 aromatic heterocycles. The standard InChI is InChI=1S/C9H20OSSi/c1-11-9(10-8-12-2)6-4-3-5-7-9/h3-8,12H2,1-2H3. The van der Waals surface area contributed by atoms with Crippen LogP contribution in [0, 0.1) is 0 Å². The summed E-state index contributed by atoms with van der Waals surface area (Å²) in [6.07, 6.45) is 9.97. The first-order valence-corrected chi connectivity index (χ1v) is 8.66. The van der Waals surface area contributed by atoms with Gasteiger partial charge in [0.2, 0.25) is 0 Å². The minimum Gasteiger partial charge on any atom is -0.368 e. The Hall–Kier alpha value is 0.527. The van der Waals surface area contributed by atoms with E-state index in [1.54, 1.807) is 0 Å². The molecule has 1 fully saturated rings. The van der Waals surface area contributed by atoms with E-state index >= 15 is 0 Å². The Morgan fingerprint density at radius 3 is 2.50 bits per heavy atom. The van der Waals surface area contributed by atoms with Gasteiger partial charge in [-0.2, -0.15) is 0 Å². The maximum absolute atomic E-state index is 5.99. The second kappa shape index (κ2) is 5.30. The summed E-state index contributed by atoms with van der Waals surface area (Å²) in [5.41, 5.74) is 0. The van der Waals surface area contributed by atoms with Gasteiger partial charge >= 0.3 is 0 Å². The van der Waals surface area contributed by atoms with Gasteiger partial charge in [0.25, 0.3) is 0 Å². The molecule has 0 aromatic carbocycles. The molecule has 12 heavy (non-hydrogen) atoms. The number of hydrogen-bond donors (Lipinski definition) is 0. The molecule has 0 heterocycles. The van der Waals surface area contributed by atoms with Crippen molar-refractivity contribution < 1.29 is 4.74 Å². The van der Waals surface area contributed by atoms with E-state index in [4.69, 9.17) is 4.74 Å². The lowest BCUT2D eigenvalue weighted by Gasteiger charge is -2.35. The largest absolute Gasteiger partial charge is 0.368 e. The smallest absolute Gasteiger partial charge is 0.113 e. The fourth-order valence-electron chi connectivity index (χ4n) is 1.79. The van der Waals surface area contributed by atoms with Crippen LogP contribution in [0.1, 0.15) is 32.1 Å². The van der Waals surface area contributed by atoms with Crippen LogP contribution in [0.2, 0.25) is 6.55 Å². The Morgan fingerprint density at radius 2 is 2.00 bits per heavy atom. The van der Waals surface area contributed by atoms with Crippen molar-refractivity contribution in [3.8, 4) is 0 Å². The third-order valence-electron chi connectivity index (χ3n) is 2.56. The third kappa shape index (κ3) is 2.78. The van der Waals surface area contributed by atoms with Crippen molar-refractivity contribution in [2.75, 3.05) is 12.5 Å². The highest BCUT2D eigenvalue weighted by molar-refractivity contribution is 7.99. The lowest BCUT2D eigenvalue weighted by Crippen LogP contribution is -2.32. The highest BCUT2D eigenvalue weighted by atomic mass is 32.2. The van der Waals surface area contributed by atoms with Crippen LogP contribution in [0.3, 0.4) is 0 Å². The van der Waals surface area contributed by atoms with Crippen molar-refractivity contribution in [2.24, 2.45) is 0 Å². The van der Waals surface area contributed by atoms with Crippen molar-refractivity contribution >= 4 is 21.3 Å². The van der Waals surface area contributed by atoms with Crippen LogP contribution in [-0.4, -0.2) is 26.9 Å². The minimum atomic E-state index is 0.0871. The van der Waals surface area contributed by atoms with Crippen LogP contribution in [0.4, 0.5) is 0 Å². The van der Waals surface area contributed by atoms with Crippen molar-refractivity contribution in [1.82, 2.24) is 0 Å². The fraction of sp³-hybridized carbons (Fsp3) is 1.00. The maximum Gasteiger partial charge on any atom is 0.113 e. The molecule has 1 aliphatic carbocycles. The first-order chi connectivity index (χ1) is 5.83. The SMILES string of the molecule is C[SiH2]COC1(SC)CCCCC1. The first kappa shape index (κ1) is 10.6. The van der Waals surface area contributed by atoms with Gasteiger partial charge in [0, 0.05) is 15.7 Å². The van der Waals surface area contributed by atoms with Gasteiger partial charge < -0.3 is 4.74 Å². The Kier molecular flexibility index (Phi) is 4.68. The zero-order valence-corrected chi connectivity index (χ0v) is 10.5. The van der Waals surface area contributed by atoms with E-state index in [0.29, 0.717) is 0 Å². The second-order valence-corrected chi connectivity index (χ2v) is 6.08. The van der Waals surface area contributed by atoms with Crippen LogP contribution in [0.25, 0.3) is 0 Å².